The molecule has 0 atom stereocenters. The van der Waals surface area contributed by atoms with Crippen molar-refractivity contribution in [3.8, 4) is 5.75 Å². The Morgan fingerprint density at radius 1 is 0.927 bits per heavy atom. The Morgan fingerprint density at radius 2 is 1.66 bits per heavy atom. The first-order chi connectivity index (χ1) is 19.6. The molecular weight excluding hydrogens is 528 g/mol. The van der Waals surface area contributed by atoms with E-state index in [1.165, 1.54) is 12.1 Å². The Bertz CT molecular complexity index is 1460. The maximum absolute atomic E-state index is 14.2. The molecule has 9 heteroatoms. The number of nitrogens with zero attached hydrogens (tertiary/aromatic N) is 3. The lowest BCUT2D eigenvalue weighted by atomic mass is 9.95. The van der Waals surface area contributed by atoms with Crippen LogP contribution in [0.15, 0.2) is 60.9 Å². The number of fused-ring (bicyclic) bond motifs is 1. The lowest BCUT2D eigenvalue weighted by molar-refractivity contribution is 0.0142. The van der Waals surface area contributed by atoms with Crippen LogP contribution in [0.4, 0.5) is 13.6 Å². The Balaban J connectivity index is 1.23. The van der Waals surface area contributed by atoms with Crippen LogP contribution in [0.5, 0.6) is 5.75 Å². The highest BCUT2D eigenvalue weighted by molar-refractivity contribution is 6.41. The second-order valence-corrected chi connectivity index (χ2v) is 11.2. The van der Waals surface area contributed by atoms with Gasteiger partial charge in [0.1, 0.15) is 23.0 Å². The third-order valence-electron chi connectivity index (χ3n) is 6.99. The molecule has 7 nitrogen and oxygen atoms in total. The molecule has 1 fully saturated rings. The number of hydrogen-bond donors (Lipinski definition) is 0. The van der Waals surface area contributed by atoms with E-state index in [0.717, 1.165) is 32.1 Å². The van der Waals surface area contributed by atoms with Gasteiger partial charge in [0.2, 0.25) is 0 Å². The number of piperazine rings is 1. The van der Waals surface area contributed by atoms with Crippen molar-refractivity contribution in [3.63, 3.8) is 0 Å². The van der Waals surface area contributed by atoms with E-state index < -0.39 is 17.2 Å². The van der Waals surface area contributed by atoms with E-state index in [4.69, 9.17) is 9.47 Å². The highest BCUT2D eigenvalue weighted by Crippen LogP contribution is 2.43. The van der Waals surface area contributed by atoms with Crippen molar-refractivity contribution in [1.82, 2.24) is 14.8 Å². The standard InChI is InChI=1S/C32H33F2N3O4/c1-32(2,3)41-31(39)37-13-11-36(12-14-37)10-5-15-40-25-7-8-26-27(19-25)30(38)29(21-6-4-9-35-20-21)28(26)22-16-23(33)18-24(34)17-22/h4,6-9,16-20H,5,10-15H2,1-3H3. The number of hydrogen-bond acceptors (Lipinski definition) is 6. The van der Waals surface area contributed by atoms with Gasteiger partial charge in [0.05, 0.1) is 6.61 Å². The molecule has 1 aliphatic carbocycles. The van der Waals surface area contributed by atoms with Gasteiger partial charge in [-0.3, -0.25) is 14.7 Å². The Morgan fingerprint density at radius 3 is 2.32 bits per heavy atom. The van der Waals surface area contributed by atoms with E-state index in [-0.39, 0.29) is 17.4 Å². The maximum atomic E-state index is 14.2. The fourth-order valence-corrected chi connectivity index (χ4v) is 5.14. The fraction of sp³-hybridized carbons (Fsp3) is 0.344. The van der Waals surface area contributed by atoms with Gasteiger partial charge < -0.3 is 14.4 Å². The van der Waals surface area contributed by atoms with Crippen molar-refractivity contribution in [3.05, 3.63) is 94.8 Å². The number of Topliss-reactive ketones (excluding diaryl/α,β-unsaturated/α-hetero) is 1. The van der Waals surface area contributed by atoms with Crippen molar-refractivity contribution in [1.29, 1.82) is 0 Å². The molecule has 1 saturated heterocycles. The molecule has 0 bridgehead atoms. The van der Waals surface area contributed by atoms with E-state index in [1.807, 2.05) is 20.8 Å². The molecule has 3 aromatic rings. The number of benzene rings is 2. The van der Waals surface area contributed by atoms with Gasteiger partial charge in [-0.25, -0.2) is 13.6 Å². The minimum absolute atomic E-state index is 0.249. The van der Waals surface area contributed by atoms with Crippen molar-refractivity contribution in [2.75, 3.05) is 39.3 Å². The second-order valence-electron chi connectivity index (χ2n) is 11.2. The molecule has 0 radical (unpaired) electrons. The van der Waals surface area contributed by atoms with Gasteiger partial charge in [0, 0.05) is 73.5 Å². The summed E-state index contributed by atoms with van der Waals surface area (Å²) in [6, 6.07) is 12.0. The van der Waals surface area contributed by atoms with Crippen LogP contribution in [0, 0.1) is 11.6 Å². The topological polar surface area (TPSA) is 72.0 Å². The third-order valence-corrected chi connectivity index (χ3v) is 6.99. The van der Waals surface area contributed by atoms with Crippen LogP contribution in [-0.4, -0.2) is 71.6 Å². The predicted octanol–water partition coefficient (Wildman–Crippen LogP) is 5.84. The molecule has 1 aliphatic heterocycles. The van der Waals surface area contributed by atoms with Crippen LogP contribution in [0.25, 0.3) is 11.1 Å². The van der Waals surface area contributed by atoms with E-state index in [9.17, 15) is 18.4 Å². The summed E-state index contributed by atoms with van der Waals surface area (Å²) in [5, 5.41) is 0. The summed E-state index contributed by atoms with van der Waals surface area (Å²) < 4.78 is 39.8. The van der Waals surface area contributed by atoms with Gasteiger partial charge >= 0.3 is 6.09 Å². The second kappa shape index (κ2) is 11.8. The Kier molecular flexibility index (Phi) is 8.17. The zero-order valence-electron chi connectivity index (χ0n) is 23.5. The molecule has 41 heavy (non-hydrogen) atoms. The number of ketones is 1. The summed E-state index contributed by atoms with van der Waals surface area (Å²) >= 11 is 0. The number of rotatable bonds is 7. The monoisotopic (exact) mass is 561 g/mol. The third kappa shape index (κ3) is 6.62. The maximum Gasteiger partial charge on any atom is 0.410 e. The summed E-state index contributed by atoms with van der Waals surface area (Å²) in [7, 11) is 0. The van der Waals surface area contributed by atoms with Crippen LogP contribution in [0.3, 0.4) is 0 Å². The molecule has 1 amide bonds. The quantitative estimate of drug-likeness (QED) is 0.338. The van der Waals surface area contributed by atoms with Crippen LogP contribution in [0.1, 0.15) is 54.2 Å². The number of ether oxygens (including phenoxy) is 2. The fourth-order valence-electron chi connectivity index (χ4n) is 5.14. The van der Waals surface area contributed by atoms with Crippen LogP contribution >= 0.6 is 0 Å². The van der Waals surface area contributed by atoms with Gasteiger partial charge in [0.15, 0.2) is 5.78 Å². The van der Waals surface area contributed by atoms with Crippen molar-refractivity contribution in [2.45, 2.75) is 32.8 Å². The first-order valence-corrected chi connectivity index (χ1v) is 13.7. The van der Waals surface area contributed by atoms with Crippen LogP contribution in [0.2, 0.25) is 0 Å². The van der Waals surface area contributed by atoms with Crippen LogP contribution < -0.4 is 4.74 Å². The largest absolute Gasteiger partial charge is 0.494 e. The molecule has 0 unspecified atom stereocenters. The number of allylic oxidation sites excluding steroid dienone is 1. The van der Waals surface area contributed by atoms with Gasteiger partial charge in [-0.05, 0) is 74.7 Å². The van der Waals surface area contributed by atoms with Crippen molar-refractivity contribution >= 4 is 23.0 Å². The Hall–Kier alpha value is -4.11. The molecular formula is C32H33F2N3O4. The first-order valence-electron chi connectivity index (χ1n) is 13.7. The van der Waals surface area contributed by atoms with E-state index in [2.05, 4.69) is 9.88 Å². The average Bonchev–Trinajstić information content (AvgIpc) is 3.22. The highest BCUT2D eigenvalue weighted by Gasteiger charge is 2.32. The smallest absolute Gasteiger partial charge is 0.410 e. The summed E-state index contributed by atoms with van der Waals surface area (Å²) in [4.78, 5) is 34.0. The van der Waals surface area contributed by atoms with E-state index >= 15 is 0 Å². The lowest BCUT2D eigenvalue weighted by Crippen LogP contribution is -2.50. The SMILES string of the molecule is CC(C)(C)OC(=O)N1CCN(CCCOc2ccc3c(c2)C(=O)C(c2cccnc2)=C3c2cc(F)cc(F)c2)CC1. The molecule has 2 heterocycles. The number of aromatic nitrogens is 1. The lowest BCUT2D eigenvalue weighted by Gasteiger charge is -2.35. The van der Waals surface area contributed by atoms with E-state index in [0.29, 0.717) is 53.3 Å². The summed E-state index contributed by atoms with van der Waals surface area (Å²) in [5.74, 6) is -1.14. The zero-order valence-corrected chi connectivity index (χ0v) is 23.5. The zero-order chi connectivity index (χ0) is 29.1. The van der Waals surface area contributed by atoms with Crippen LogP contribution in [-0.2, 0) is 4.74 Å². The average molecular weight is 562 g/mol. The predicted molar refractivity (Wildman–Crippen MR) is 152 cm³/mol. The minimum atomic E-state index is -0.717. The molecule has 2 aromatic carbocycles. The van der Waals surface area contributed by atoms with Gasteiger partial charge in [0.25, 0.3) is 0 Å². The number of halogens is 2. The summed E-state index contributed by atoms with van der Waals surface area (Å²) in [5.41, 5.74) is 2.17. The van der Waals surface area contributed by atoms with Gasteiger partial charge in [-0.15, -0.1) is 0 Å². The Labute approximate surface area is 238 Å². The number of amides is 1. The normalized spacial score (nSPS) is 15.7. The van der Waals surface area contributed by atoms with Gasteiger partial charge in [-0.2, -0.15) is 0 Å². The number of pyridine rings is 1. The molecule has 5 rings (SSSR count). The number of carbonyl (C=O) groups excluding carboxylic acids is 2. The molecule has 0 saturated carbocycles. The molecule has 0 N–H and O–H groups in total. The van der Waals surface area contributed by atoms with E-state index in [1.54, 1.807) is 47.6 Å². The molecule has 214 valence electrons. The minimum Gasteiger partial charge on any atom is -0.494 e. The van der Waals surface area contributed by atoms with Gasteiger partial charge in [-0.1, -0.05) is 6.07 Å². The molecule has 1 aromatic heterocycles. The summed E-state index contributed by atoms with van der Waals surface area (Å²) in [6.07, 6.45) is 3.66. The van der Waals surface area contributed by atoms with Crippen molar-refractivity contribution < 1.29 is 27.8 Å². The van der Waals surface area contributed by atoms with Crippen molar-refractivity contribution in [2.24, 2.45) is 0 Å². The molecule has 0 spiro atoms. The number of carbonyl (C=O) groups is 2. The molecule has 2 aliphatic rings. The summed E-state index contributed by atoms with van der Waals surface area (Å²) in [6.45, 7) is 9.60. The first kappa shape index (κ1) is 28.4. The highest BCUT2D eigenvalue weighted by atomic mass is 19.1.